The molecule has 2 nitrogen and oxygen atoms in total. The monoisotopic (exact) mass is 195 g/mol. The number of rotatable bonds is 2. The molecule has 0 aromatic rings. The van der Waals surface area contributed by atoms with Crippen LogP contribution in [0.25, 0.3) is 0 Å². The molecule has 0 heterocycles. The molecule has 1 fully saturated rings. The maximum absolute atomic E-state index is 9.19. The zero-order valence-electron chi connectivity index (χ0n) is 9.60. The van der Waals surface area contributed by atoms with Crippen molar-refractivity contribution in [2.75, 3.05) is 6.61 Å². The molecule has 14 heavy (non-hydrogen) atoms. The summed E-state index contributed by atoms with van der Waals surface area (Å²) >= 11 is 0. The zero-order chi connectivity index (χ0) is 10.7. The van der Waals surface area contributed by atoms with E-state index in [0.717, 1.165) is 25.7 Å². The van der Waals surface area contributed by atoms with E-state index >= 15 is 0 Å². The van der Waals surface area contributed by atoms with Crippen molar-refractivity contribution in [1.29, 1.82) is 5.26 Å². The van der Waals surface area contributed by atoms with Crippen LogP contribution in [0.5, 0.6) is 0 Å². The highest BCUT2D eigenvalue weighted by Crippen LogP contribution is 2.39. The highest BCUT2D eigenvalue weighted by Gasteiger charge is 2.36. The van der Waals surface area contributed by atoms with Gasteiger partial charge in [-0.3, -0.25) is 0 Å². The highest BCUT2D eigenvalue weighted by atomic mass is 16.5. The van der Waals surface area contributed by atoms with Crippen molar-refractivity contribution in [2.45, 2.75) is 58.5 Å². The third kappa shape index (κ3) is 2.72. The van der Waals surface area contributed by atoms with Gasteiger partial charge < -0.3 is 4.74 Å². The minimum Gasteiger partial charge on any atom is -0.360 e. The predicted molar refractivity (Wildman–Crippen MR) is 56.8 cm³/mol. The van der Waals surface area contributed by atoms with Crippen molar-refractivity contribution in [1.82, 2.24) is 0 Å². The van der Waals surface area contributed by atoms with Crippen molar-refractivity contribution in [3.63, 3.8) is 0 Å². The third-order valence-electron chi connectivity index (χ3n) is 3.26. The molecular formula is C12H21NO. The second-order valence-electron chi connectivity index (χ2n) is 5.06. The zero-order valence-corrected chi connectivity index (χ0v) is 9.60. The smallest absolute Gasteiger partial charge is 0.154 e. The van der Waals surface area contributed by atoms with Gasteiger partial charge >= 0.3 is 0 Å². The summed E-state index contributed by atoms with van der Waals surface area (Å²) in [6.45, 7) is 7.18. The van der Waals surface area contributed by atoms with E-state index in [1.807, 2.05) is 6.92 Å². The van der Waals surface area contributed by atoms with Crippen LogP contribution in [0.1, 0.15) is 52.9 Å². The first kappa shape index (κ1) is 11.5. The maximum Gasteiger partial charge on any atom is 0.154 e. The van der Waals surface area contributed by atoms with E-state index in [9.17, 15) is 5.26 Å². The van der Waals surface area contributed by atoms with Gasteiger partial charge in [-0.15, -0.1) is 0 Å². The largest absolute Gasteiger partial charge is 0.360 e. The fourth-order valence-corrected chi connectivity index (χ4v) is 2.21. The number of nitrogens with zero attached hydrogens (tertiary/aromatic N) is 1. The molecule has 0 aromatic heterocycles. The lowest BCUT2D eigenvalue weighted by Gasteiger charge is -2.26. The van der Waals surface area contributed by atoms with E-state index in [1.54, 1.807) is 0 Å². The summed E-state index contributed by atoms with van der Waals surface area (Å²) < 4.78 is 5.63. The number of ether oxygens (including phenoxy) is 1. The second-order valence-corrected chi connectivity index (χ2v) is 5.06. The molecule has 0 spiro atoms. The Bertz CT molecular complexity index is 229. The van der Waals surface area contributed by atoms with Crippen LogP contribution in [0, 0.1) is 16.7 Å². The fraction of sp³-hybridized carbons (Fsp3) is 0.917. The summed E-state index contributed by atoms with van der Waals surface area (Å²) in [5, 5.41) is 9.19. The van der Waals surface area contributed by atoms with Gasteiger partial charge in [-0.05, 0) is 44.4 Å². The van der Waals surface area contributed by atoms with Crippen molar-refractivity contribution >= 4 is 0 Å². The summed E-state index contributed by atoms with van der Waals surface area (Å²) in [5.74, 6) is 0. The highest BCUT2D eigenvalue weighted by molar-refractivity contribution is 5.04. The molecule has 1 aliphatic carbocycles. The van der Waals surface area contributed by atoms with E-state index in [-0.39, 0.29) is 0 Å². The lowest BCUT2D eigenvalue weighted by molar-refractivity contribution is -0.00732. The number of nitriles is 1. The summed E-state index contributed by atoms with van der Waals surface area (Å²) in [4.78, 5) is 0. The van der Waals surface area contributed by atoms with Crippen LogP contribution >= 0.6 is 0 Å². The Morgan fingerprint density at radius 1 is 1.21 bits per heavy atom. The van der Waals surface area contributed by atoms with Crippen LogP contribution in [-0.2, 0) is 4.74 Å². The first-order valence-corrected chi connectivity index (χ1v) is 5.59. The Hall–Kier alpha value is -0.550. The average molecular weight is 195 g/mol. The molecule has 0 aliphatic heterocycles. The summed E-state index contributed by atoms with van der Waals surface area (Å²) in [7, 11) is 0. The van der Waals surface area contributed by atoms with E-state index < -0.39 is 5.60 Å². The third-order valence-corrected chi connectivity index (χ3v) is 3.26. The second kappa shape index (κ2) is 4.31. The van der Waals surface area contributed by atoms with Crippen molar-refractivity contribution in [3.05, 3.63) is 0 Å². The Labute approximate surface area is 87.3 Å². The molecule has 1 rings (SSSR count). The Morgan fingerprint density at radius 2 is 1.93 bits per heavy atom. The van der Waals surface area contributed by atoms with Crippen molar-refractivity contribution in [2.24, 2.45) is 5.41 Å². The van der Waals surface area contributed by atoms with E-state index in [1.165, 1.54) is 6.42 Å². The molecule has 2 heteroatoms. The molecule has 1 aliphatic rings. The van der Waals surface area contributed by atoms with Crippen LogP contribution in [0.3, 0.4) is 0 Å². The molecule has 0 bridgehead atoms. The van der Waals surface area contributed by atoms with Gasteiger partial charge in [0.2, 0.25) is 0 Å². The first-order chi connectivity index (χ1) is 6.54. The molecule has 0 aromatic carbocycles. The quantitative estimate of drug-likeness (QED) is 0.633. The number of hydrogen-bond acceptors (Lipinski definition) is 2. The van der Waals surface area contributed by atoms with Gasteiger partial charge in [0.15, 0.2) is 5.60 Å². The predicted octanol–water partition coefficient (Wildman–Crippen LogP) is 3.28. The molecule has 1 unspecified atom stereocenters. The van der Waals surface area contributed by atoms with Crippen molar-refractivity contribution < 1.29 is 4.74 Å². The Balaban J connectivity index is 2.68. The van der Waals surface area contributed by atoms with E-state index in [2.05, 4.69) is 19.9 Å². The molecule has 80 valence electrons. The van der Waals surface area contributed by atoms with Crippen LogP contribution in [0.4, 0.5) is 0 Å². The van der Waals surface area contributed by atoms with Gasteiger partial charge in [-0.25, -0.2) is 0 Å². The molecule has 0 saturated heterocycles. The minimum atomic E-state index is -0.484. The number of hydrogen-bond donors (Lipinski definition) is 0. The van der Waals surface area contributed by atoms with Crippen LogP contribution in [-0.4, -0.2) is 12.2 Å². The standard InChI is InChI=1S/C12H21NO/c1-4-14-12(10-13)7-5-6-11(2,3)8-9-12/h4-9H2,1-3H3. The van der Waals surface area contributed by atoms with Gasteiger partial charge in [-0.1, -0.05) is 13.8 Å². The molecule has 0 radical (unpaired) electrons. The Morgan fingerprint density at radius 3 is 2.50 bits per heavy atom. The van der Waals surface area contributed by atoms with Crippen LogP contribution in [0.15, 0.2) is 0 Å². The van der Waals surface area contributed by atoms with Gasteiger partial charge in [0, 0.05) is 6.61 Å². The summed E-state index contributed by atoms with van der Waals surface area (Å²) in [6.07, 6.45) is 5.22. The molecule has 1 saturated carbocycles. The first-order valence-electron chi connectivity index (χ1n) is 5.59. The van der Waals surface area contributed by atoms with Crippen LogP contribution in [0.2, 0.25) is 0 Å². The molecule has 0 N–H and O–H groups in total. The topological polar surface area (TPSA) is 33.0 Å². The Kier molecular flexibility index (Phi) is 3.55. The molecule has 0 amide bonds. The SMILES string of the molecule is CCOC1(C#N)CCCC(C)(C)CC1. The summed E-state index contributed by atoms with van der Waals surface area (Å²) in [5.41, 5.74) is -0.0990. The lowest BCUT2D eigenvalue weighted by atomic mass is 9.84. The van der Waals surface area contributed by atoms with E-state index in [0.29, 0.717) is 12.0 Å². The van der Waals surface area contributed by atoms with Gasteiger partial charge in [0.1, 0.15) is 0 Å². The van der Waals surface area contributed by atoms with E-state index in [4.69, 9.17) is 4.74 Å². The van der Waals surface area contributed by atoms with Gasteiger partial charge in [0.25, 0.3) is 0 Å². The van der Waals surface area contributed by atoms with Crippen molar-refractivity contribution in [3.8, 4) is 6.07 Å². The summed E-state index contributed by atoms with van der Waals surface area (Å²) in [6, 6.07) is 2.37. The average Bonchev–Trinajstić information content (AvgIpc) is 2.27. The van der Waals surface area contributed by atoms with Crippen LogP contribution < -0.4 is 0 Å². The fourth-order valence-electron chi connectivity index (χ4n) is 2.21. The minimum absolute atomic E-state index is 0.385. The normalized spacial score (nSPS) is 31.9. The molecular weight excluding hydrogens is 174 g/mol. The maximum atomic E-state index is 9.19. The lowest BCUT2D eigenvalue weighted by Crippen LogP contribution is -2.30. The van der Waals surface area contributed by atoms with Gasteiger partial charge in [0.05, 0.1) is 6.07 Å². The molecule has 1 atom stereocenters. The van der Waals surface area contributed by atoms with Gasteiger partial charge in [-0.2, -0.15) is 5.26 Å².